The standard InChI is InChI=1S/C14H16N2O5S/c1-10(9-15)21-14(17)7-5-11-4-6-12(20-3)13(8-11)22(18,19)16-2/h4-8,10,16H,1-3H3/b7-5+/t10-/m1/s1. The van der Waals surface area contributed by atoms with Crippen molar-refractivity contribution in [2.24, 2.45) is 0 Å². The van der Waals surface area contributed by atoms with Crippen molar-refractivity contribution in [3.05, 3.63) is 29.8 Å². The van der Waals surface area contributed by atoms with Gasteiger partial charge in [-0.2, -0.15) is 5.26 Å². The summed E-state index contributed by atoms with van der Waals surface area (Å²) in [6.07, 6.45) is 1.65. The predicted molar refractivity (Wildman–Crippen MR) is 79.4 cm³/mol. The molecule has 0 heterocycles. The van der Waals surface area contributed by atoms with E-state index < -0.39 is 22.1 Å². The predicted octanol–water partition coefficient (Wildman–Crippen LogP) is 1.07. The smallest absolute Gasteiger partial charge is 0.332 e. The van der Waals surface area contributed by atoms with Crippen LogP contribution in [0.1, 0.15) is 12.5 Å². The van der Waals surface area contributed by atoms with E-state index in [4.69, 9.17) is 14.7 Å². The molecule has 22 heavy (non-hydrogen) atoms. The third-order valence-corrected chi connectivity index (χ3v) is 4.07. The van der Waals surface area contributed by atoms with Crippen LogP contribution in [0.15, 0.2) is 29.2 Å². The number of nitrogens with zero attached hydrogens (tertiary/aromatic N) is 1. The Balaban J connectivity index is 3.06. The summed E-state index contributed by atoms with van der Waals surface area (Å²) in [5, 5.41) is 8.54. The summed E-state index contributed by atoms with van der Waals surface area (Å²) in [6, 6.07) is 6.20. The molecular formula is C14H16N2O5S. The maximum Gasteiger partial charge on any atom is 0.332 e. The summed E-state index contributed by atoms with van der Waals surface area (Å²) in [5.74, 6) is -0.505. The SMILES string of the molecule is CNS(=O)(=O)c1cc(/C=C/C(=O)O[C@H](C)C#N)ccc1OC. The highest BCUT2D eigenvalue weighted by atomic mass is 32.2. The fourth-order valence-corrected chi connectivity index (χ4v) is 2.45. The average molecular weight is 324 g/mol. The number of hydrogen-bond acceptors (Lipinski definition) is 6. The molecule has 1 atom stereocenters. The van der Waals surface area contributed by atoms with Gasteiger partial charge in [0.1, 0.15) is 16.7 Å². The van der Waals surface area contributed by atoms with Crippen LogP contribution in [0.2, 0.25) is 0 Å². The van der Waals surface area contributed by atoms with E-state index in [1.807, 2.05) is 0 Å². The highest BCUT2D eigenvalue weighted by molar-refractivity contribution is 7.89. The Labute approximate surface area is 129 Å². The molecule has 0 fully saturated rings. The zero-order valence-electron chi connectivity index (χ0n) is 12.4. The van der Waals surface area contributed by atoms with Crippen LogP contribution in [-0.2, 0) is 19.6 Å². The summed E-state index contributed by atoms with van der Waals surface area (Å²) in [6.45, 7) is 1.44. The molecule has 1 rings (SSSR count). The first-order valence-corrected chi connectivity index (χ1v) is 7.72. The van der Waals surface area contributed by atoms with Crippen molar-refractivity contribution >= 4 is 22.1 Å². The number of esters is 1. The maximum atomic E-state index is 11.9. The van der Waals surface area contributed by atoms with Crippen LogP contribution in [0.3, 0.4) is 0 Å². The van der Waals surface area contributed by atoms with E-state index in [-0.39, 0.29) is 10.6 Å². The van der Waals surface area contributed by atoms with Crippen molar-refractivity contribution in [1.82, 2.24) is 4.72 Å². The van der Waals surface area contributed by atoms with Crippen molar-refractivity contribution in [3.63, 3.8) is 0 Å². The van der Waals surface area contributed by atoms with Crippen LogP contribution in [0.4, 0.5) is 0 Å². The van der Waals surface area contributed by atoms with Gasteiger partial charge in [0, 0.05) is 6.08 Å². The number of methoxy groups -OCH3 is 1. The normalized spacial score (nSPS) is 12.6. The van der Waals surface area contributed by atoms with Crippen LogP contribution in [-0.4, -0.2) is 34.6 Å². The Bertz CT molecular complexity index is 719. The first kappa shape index (κ1) is 17.7. The molecule has 0 amide bonds. The number of rotatable bonds is 6. The van der Waals surface area contributed by atoms with E-state index in [1.54, 1.807) is 12.1 Å². The lowest BCUT2D eigenvalue weighted by Crippen LogP contribution is -2.19. The topological polar surface area (TPSA) is 105 Å². The monoisotopic (exact) mass is 324 g/mol. The van der Waals surface area contributed by atoms with E-state index in [0.717, 1.165) is 6.08 Å². The van der Waals surface area contributed by atoms with Gasteiger partial charge >= 0.3 is 5.97 Å². The summed E-state index contributed by atoms with van der Waals surface area (Å²) in [7, 11) is -1.04. The van der Waals surface area contributed by atoms with Gasteiger partial charge in [-0.15, -0.1) is 0 Å². The van der Waals surface area contributed by atoms with Gasteiger partial charge in [-0.3, -0.25) is 0 Å². The van der Waals surface area contributed by atoms with Crippen molar-refractivity contribution in [2.75, 3.05) is 14.2 Å². The summed E-state index contributed by atoms with van der Waals surface area (Å²) in [4.78, 5) is 11.4. The van der Waals surface area contributed by atoms with Crippen molar-refractivity contribution in [3.8, 4) is 11.8 Å². The molecule has 0 aliphatic carbocycles. The number of benzene rings is 1. The van der Waals surface area contributed by atoms with Gasteiger partial charge in [0.05, 0.1) is 7.11 Å². The maximum absolute atomic E-state index is 11.9. The number of hydrogen-bond donors (Lipinski definition) is 1. The molecule has 0 saturated carbocycles. The van der Waals surface area contributed by atoms with Gasteiger partial charge in [-0.05, 0) is 37.7 Å². The number of ether oxygens (including phenoxy) is 2. The molecule has 0 radical (unpaired) electrons. The molecule has 1 aromatic carbocycles. The number of carbonyl (C=O) groups is 1. The molecule has 0 bridgehead atoms. The number of nitrogens with one attached hydrogen (secondary N) is 1. The van der Waals surface area contributed by atoms with E-state index >= 15 is 0 Å². The Hall–Kier alpha value is -2.37. The lowest BCUT2D eigenvalue weighted by atomic mass is 10.2. The quantitative estimate of drug-likeness (QED) is 0.620. The minimum Gasteiger partial charge on any atom is -0.495 e. The molecule has 118 valence electrons. The third kappa shape index (κ3) is 4.58. The molecule has 0 saturated heterocycles. The zero-order chi connectivity index (χ0) is 16.8. The Kier molecular flexibility index (Phi) is 6.10. The van der Waals surface area contributed by atoms with Crippen LogP contribution in [0, 0.1) is 11.3 Å². The first-order valence-electron chi connectivity index (χ1n) is 6.24. The highest BCUT2D eigenvalue weighted by Gasteiger charge is 2.17. The Morgan fingerprint density at radius 1 is 1.45 bits per heavy atom. The minimum absolute atomic E-state index is 0.0431. The molecule has 0 aliphatic rings. The van der Waals surface area contributed by atoms with Gasteiger partial charge in [-0.1, -0.05) is 6.07 Å². The summed E-state index contributed by atoms with van der Waals surface area (Å²) >= 11 is 0. The van der Waals surface area contributed by atoms with Gasteiger partial charge in [0.2, 0.25) is 10.0 Å². The lowest BCUT2D eigenvalue weighted by Gasteiger charge is -2.09. The first-order chi connectivity index (χ1) is 10.3. The largest absolute Gasteiger partial charge is 0.495 e. The van der Waals surface area contributed by atoms with Crippen LogP contribution in [0.25, 0.3) is 6.08 Å². The molecule has 0 spiro atoms. The molecule has 1 aromatic rings. The van der Waals surface area contributed by atoms with Crippen LogP contribution in [0.5, 0.6) is 5.75 Å². The van der Waals surface area contributed by atoms with Crippen molar-refractivity contribution < 1.29 is 22.7 Å². The average Bonchev–Trinajstić information content (AvgIpc) is 2.52. The second-order valence-corrected chi connectivity index (χ2v) is 6.01. The molecule has 7 nitrogen and oxygen atoms in total. The molecule has 8 heteroatoms. The third-order valence-electron chi connectivity index (χ3n) is 2.63. The van der Waals surface area contributed by atoms with E-state index in [1.165, 1.54) is 39.3 Å². The highest BCUT2D eigenvalue weighted by Crippen LogP contribution is 2.25. The zero-order valence-corrected chi connectivity index (χ0v) is 13.2. The Morgan fingerprint density at radius 3 is 2.68 bits per heavy atom. The van der Waals surface area contributed by atoms with Gasteiger partial charge in [0.25, 0.3) is 0 Å². The van der Waals surface area contributed by atoms with Crippen molar-refractivity contribution in [2.45, 2.75) is 17.9 Å². The van der Waals surface area contributed by atoms with Crippen LogP contribution >= 0.6 is 0 Å². The molecule has 0 aromatic heterocycles. The molecule has 0 unspecified atom stereocenters. The Morgan fingerprint density at radius 2 is 2.14 bits per heavy atom. The lowest BCUT2D eigenvalue weighted by molar-refractivity contribution is -0.139. The second-order valence-electron chi connectivity index (χ2n) is 4.16. The van der Waals surface area contributed by atoms with E-state index in [2.05, 4.69) is 4.72 Å². The summed E-state index contributed by atoms with van der Waals surface area (Å²) in [5.41, 5.74) is 0.469. The van der Waals surface area contributed by atoms with Gasteiger partial charge < -0.3 is 9.47 Å². The number of sulfonamides is 1. The second kappa shape index (κ2) is 7.59. The van der Waals surface area contributed by atoms with Crippen LogP contribution < -0.4 is 9.46 Å². The summed E-state index contributed by atoms with van der Waals surface area (Å²) < 4.78 is 35.8. The van der Waals surface area contributed by atoms with Gasteiger partial charge in [-0.25, -0.2) is 17.9 Å². The number of nitriles is 1. The molecule has 0 aliphatic heterocycles. The van der Waals surface area contributed by atoms with Gasteiger partial charge in [0.15, 0.2) is 6.10 Å². The fraction of sp³-hybridized carbons (Fsp3) is 0.286. The minimum atomic E-state index is -3.69. The van der Waals surface area contributed by atoms with E-state index in [9.17, 15) is 13.2 Å². The fourth-order valence-electron chi connectivity index (χ4n) is 1.52. The number of carbonyl (C=O) groups excluding carboxylic acids is 1. The molecule has 1 N–H and O–H groups in total. The molecular weight excluding hydrogens is 308 g/mol. The van der Waals surface area contributed by atoms with Crippen molar-refractivity contribution in [1.29, 1.82) is 5.26 Å². The van der Waals surface area contributed by atoms with E-state index in [0.29, 0.717) is 5.56 Å².